The first-order valence-corrected chi connectivity index (χ1v) is 9.35. The monoisotopic (exact) mass is 290 g/mol. The SMILES string of the molecule is CC(C)NCCCS(=O)(=O)NCCC1CCCCC1. The fourth-order valence-electron chi connectivity index (χ4n) is 2.62. The third-order valence-corrected chi connectivity index (χ3v) is 5.21. The summed E-state index contributed by atoms with van der Waals surface area (Å²) in [4.78, 5) is 0. The molecule has 0 saturated heterocycles. The molecular weight excluding hydrogens is 260 g/mol. The third-order valence-electron chi connectivity index (χ3n) is 3.74. The van der Waals surface area contributed by atoms with Gasteiger partial charge in [-0.25, -0.2) is 13.1 Å². The van der Waals surface area contributed by atoms with Gasteiger partial charge in [0.2, 0.25) is 10.0 Å². The molecule has 0 atom stereocenters. The van der Waals surface area contributed by atoms with Gasteiger partial charge in [0.05, 0.1) is 5.75 Å². The molecule has 1 saturated carbocycles. The number of hydrogen-bond acceptors (Lipinski definition) is 3. The average molecular weight is 290 g/mol. The Labute approximate surface area is 118 Å². The van der Waals surface area contributed by atoms with Gasteiger partial charge in [-0.3, -0.25) is 0 Å². The van der Waals surface area contributed by atoms with Crippen LogP contribution in [0.5, 0.6) is 0 Å². The highest BCUT2D eigenvalue weighted by Crippen LogP contribution is 2.25. The summed E-state index contributed by atoms with van der Waals surface area (Å²) in [6.45, 7) is 5.51. The van der Waals surface area contributed by atoms with Crippen LogP contribution in [0.25, 0.3) is 0 Å². The lowest BCUT2D eigenvalue weighted by molar-refractivity contribution is 0.339. The Bertz CT molecular complexity index is 322. The molecule has 4 nitrogen and oxygen atoms in total. The van der Waals surface area contributed by atoms with E-state index in [4.69, 9.17) is 0 Å². The van der Waals surface area contributed by atoms with E-state index in [1.807, 2.05) is 0 Å². The van der Waals surface area contributed by atoms with E-state index in [-0.39, 0.29) is 5.75 Å². The molecular formula is C14H30N2O2S. The van der Waals surface area contributed by atoms with Crippen LogP contribution in [0.3, 0.4) is 0 Å². The molecule has 0 radical (unpaired) electrons. The molecule has 1 rings (SSSR count). The second kappa shape index (κ2) is 8.93. The Hall–Kier alpha value is -0.130. The Kier molecular flexibility index (Phi) is 7.95. The molecule has 114 valence electrons. The highest BCUT2D eigenvalue weighted by molar-refractivity contribution is 7.89. The Morgan fingerprint density at radius 1 is 1.11 bits per heavy atom. The lowest BCUT2D eigenvalue weighted by Crippen LogP contribution is -2.31. The maximum atomic E-state index is 11.8. The second-order valence-electron chi connectivity index (χ2n) is 5.97. The van der Waals surface area contributed by atoms with Gasteiger partial charge in [-0.05, 0) is 25.3 Å². The molecule has 2 N–H and O–H groups in total. The smallest absolute Gasteiger partial charge is 0.211 e. The maximum absolute atomic E-state index is 11.8. The van der Waals surface area contributed by atoms with Gasteiger partial charge in [0.15, 0.2) is 0 Å². The molecule has 5 heteroatoms. The van der Waals surface area contributed by atoms with Gasteiger partial charge in [0, 0.05) is 12.6 Å². The van der Waals surface area contributed by atoms with Crippen LogP contribution >= 0.6 is 0 Å². The Morgan fingerprint density at radius 2 is 1.79 bits per heavy atom. The molecule has 1 aliphatic rings. The molecule has 0 amide bonds. The molecule has 19 heavy (non-hydrogen) atoms. The summed E-state index contributed by atoms with van der Waals surface area (Å²) in [6, 6.07) is 0.418. The standard InChI is InChI=1S/C14H30N2O2S/c1-13(2)15-10-6-12-19(17,18)16-11-9-14-7-4-3-5-8-14/h13-16H,3-12H2,1-2H3. The van der Waals surface area contributed by atoms with Gasteiger partial charge >= 0.3 is 0 Å². The van der Waals surface area contributed by atoms with Crippen molar-refractivity contribution >= 4 is 10.0 Å². The lowest BCUT2D eigenvalue weighted by Gasteiger charge is -2.21. The van der Waals surface area contributed by atoms with Crippen LogP contribution < -0.4 is 10.0 Å². The molecule has 0 aromatic carbocycles. The van der Waals surface area contributed by atoms with Crippen molar-refractivity contribution in [2.24, 2.45) is 5.92 Å². The minimum Gasteiger partial charge on any atom is -0.314 e. The van der Waals surface area contributed by atoms with E-state index in [1.54, 1.807) is 0 Å². The van der Waals surface area contributed by atoms with Crippen LogP contribution in [0.4, 0.5) is 0 Å². The predicted molar refractivity (Wildman–Crippen MR) is 80.7 cm³/mol. The van der Waals surface area contributed by atoms with Crippen LogP contribution in [0.15, 0.2) is 0 Å². The predicted octanol–water partition coefficient (Wildman–Crippen LogP) is 2.26. The fraction of sp³-hybridized carbons (Fsp3) is 1.00. The van der Waals surface area contributed by atoms with Crippen molar-refractivity contribution in [3.63, 3.8) is 0 Å². The largest absolute Gasteiger partial charge is 0.314 e. The van der Waals surface area contributed by atoms with Crippen LogP contribution in [0, 0.1) is 5.92 Å². The summed E-state index contributed by atoms with van der Waals surface area (Å²) in [6.07, 6.45) is 8.22. The van der Waals surface area contributed by atoms with Gasteiger partial charge < -0.3 is 5.32 Å². The maximum Gasteiger partial charge on any atom is 0.211 e. The van der Waals surface area contributed by atoms with E-state index in [0.29, 0.717) is 19.0 Å². The molecule has 0 aromatic rings. The van der Waals surface area contributed by atoms with Gasteiger partial charge in [-0.2, -0.15) is 0 Å². The summed E-state index contributed by atoms with van der Waals surface area (Å²) in [7, 11) is -3.07. The van der Waals surface area contributed by atoms with Gasteiger partial charge in [0.1, 0.15) is 0 Å². The zero-order valence-corrected chi connectivity index (χ0v) is 13.3. The van der Waals surface area contributed by atoms with Crippen molar-refractivity contribution in [2.75, 3.05) is 18.8 Å². The molecule has 0 bridgehead atoms. The van der Waals surface area contributed by atoms with Crippen LogP contribution in [-0.4, -0.2) is 33.3 Å². The molecule has 0 spiro atoms. The minimum absolute atomic E-state index is 0.234. The van der Waals surface area contributed by atoms with Crippen molar-refractivity contribution in [3.05, 3.63) is 0 Å². The van der Waals surface area contributed by atoms with Gasteiger partial charge in [0.25, 0.3) is 0 Å². The van der Waals surface area contributed by atoms with E-state index < -0.39 is 10.0 Å². The number of hydrogen-bond donors (Lipinski definition) is 2. The highest BCUT2D eigenvalue weighted by atomic mass is 32.2. The topological polar surface area (TPSA) is 58.2 Å². The summed E-state index contributed by atoms with van der Waals surface area (Å²) < 4.78 is 26.3. The van der Waals surface area contributed by atoms with Gasteiger partial charge in [-0.1, -0.05) is 46.0 Å². The van der Waals surface area contributed by atoms with E-state index in [2.05, 4.69) is 23.9 Å². The van der Waals surface area contributed by atoms with E-state index in [0.717, 1.165) is 18.9 Å². The van der Waals surface area contributed by atoms with Crippen molar-refractivity contribution in [3.8, 4) is 0 Å². The Balaban J connectivity index is 2.08. The second-order valence-corrected chi connectivity index (χ2v) is 7.89. The van der Waals surface area contributed by atoms with Crippen molar-refractivity contribution in [1.82, 2.24) is 10.0 Å². The van der Waals surface area contributed by atoms with Crippen molar-refractivity contribution < 1.29 is 8.42 Å². The molecule has 1 fully saturated rings. The fourth-order valence-corrected chi connectivity index (χ4v) is 3.72. The average Bonchev–Trinajstić information content (AvgIpc) is 2.36. The highest BCUT2D eigenvalue weighted by Gasteiger charge is 2.15. The van der Waals surface area contributed by atoms with E-state index >= 15 is 0 Å². The van der Waals surface area contributed by atoms with Crippen LogP contribution in [0.2, 0.25) is 0 Å². The van der Waals surface area contributed by atoms with E-state index in [9.17, 15) is 8.42 Å². The molecule has 0 aliphatic heterocycles. The molecule has 1 aliphatic carbocycles. The van der Waals surface area contributed by atoms with Gasteiger partial charge in [-0.15, -0.1) is 0 Å². The summed E-state index contributed by atoms with van der Waals surface area (Å²) in [5.74, 6) is 0.969. The van der Waals surface area contributed by atoms with Crippen molar-refractivity contribution in [2.45, 2.75) is 64.8 Å². The quantitative estimate of drug-likeness (QED) is 0.640. The lowest BCUT2D eigenvalue weighted by atomic mass is 9.87. The van der Waals surface area contributed by atoms with Crippen LogP contribution in [0.1, 0.15) is 58.8 Å². The first-order chi connectivity index (χ1) is 8.99. The molecule has 0 aromatic heterocycles. The number of nitrogens with one attached hydrogen (secondary N) is 2. The first-order valence-electron chi connectivity index (χ1n) is 7.70. The van der Waals surface area contributed by atoms with Crippen molar-refractivity contribution in [1.29, 1.82) is 0 Å². The van der Waals surface area contributed by atoms with E-state index in [1.165, 1.54) is 32.1 Å². The summed E-state index contributed by atoms with van der Waals surface area (Å²) in [5.41, 5.74) is 0. The number of rotatable bonds is 9. The molecule has 0 unspecified atom stereocenters. The summed E-state index contributed by atoms with van der Waals surface area (Å²) >= 11 is 0. The normalized spacial score (nSPS) is 18.1. The zero-order chi connectivity index (χ0) is 14.1. The Morgan fingerprint density at radius 3 is 2.42 bits per heavy atom. The zero-order valence-electron chi connectivity index (χ0n) is 12.5. The third kappa shape index (κ3) is 8.60. The summed E-state index contributed by atoms with van der Waals surface area (Å²) in [5, 5.41) is 3.23. The minimum atomic E-state index is -3.07. The van der Waals surface area contributed by atoms with Crippen LogP contribution in [-0.2, 0) is 10.0 Å². The first kappa shape index (κ1) is 16.9. The number of sulfonamides is 1. The molecule has 0 heterocycles.